The average Bonchev–Trinajstić information content (AvgIpc) is 2.34. The van der Waals surface area contributed by atoms with Crippen LogP contribution in [-0.4, -0.2) is 15.8 Å². The highest BCUT2D eigenvalue weighted by molar-refractivity contribution is 6.08. The predicted molar refractivity (Wildman–Crippen MR) is 66.1 cm³/mol. The van der Waals surface area contributed by atoms with E-state index in [1.54, 1.807) is 12.3 Å². The lowest BCUT2D eigenvalue weighted by Gasteiger charge is -2.08. The molecule has 0 aliphatic rings. The molecule has 0 spiro atoms. The standard InChI is InChI=1S/C14H14N2O/c1-9-6-11(3)12(7-10(9)2)14(17)13-4-5-15-8-16-13/h4-8H,1-3H3. The van der Waals surface area contributed by atoms with Crippen LogP contribution in [0.25, 0.3) is 0 Å². The maximum atomic E-state index is 12.2. The Morgan fingerprint density at radius 3 is 2.41 bits per heavy atom. The van der Waals surface area contributed by atoms with Gasteiger partial charge in [0.1, 0.15) is 12.0 Å². The van der Waals surface area contributed by atoms with Crippen molar-refractivity contribution in [3.63, 3.8) is 0 Å². The number of aryl methyl sites for hydroxylation is 3. The first-order valence-corrected chi connectivity index (χ1v) is 5.48. The van der Waals surface area contributed by atoms with E-state index in [1.165, 1.54) is 11.9 Å². The van der Waals surface area contributed by atoms with Gasteiger partial charge in [-0.1, -0.05) is 6.07 Å². The Balaban J connectivity index is 2.48. The van der Waals surface area contributed by atoms with Crippen LogP contribution in [0.2, 0.25) is 0 Å². The lowest BCUT2D eigenvalue weighted by molar-refractivity contribution is 0.103. The predicted octanol–water partition coefficient (Wildman–Crippen LogP) is 2.63. The van der Waals surface area contributed by atoms with Gasteiger partial charge in [-0.2, -0.15) is 0 Å². The Morgan fingerprint density at radius 1 is 1.06 bits per heavy atom. The van der Waals surface area contributed by atoms with Crippen LogP contribution in [-0.2, 0) is 0 Å². The lowest BCUT2D eigenvalue weighted by Crippen LogP contribution is -2.07. The summed E-state index contributed by atoms with van der Waals surface area (Å²) in [4.78, 5) is 20.0. The lowest BCUT2D eigenvalue weighted by atomic mass is 9.97. The molecular weight excluding hydrogens is 212 g/mol. The molecule has 17 heavy (non-hydrogen) atoms. The van der Waals surface area contributed by atoms with Crippen molar-refractivity contribution in [1.82, 2.24) is 9.97 Å². The third-order valence-electron chi connectivity index (χ3n) is 2.90. The van der Waals surface area contributed by atoms with Gasteiger partial charge in [0.05, 0.1) is 0 Å². The number of benzene rings is 1. The van der Waals surface area contributed by atoms with Gasteiger partial charge in [-0.05, 0) is 49.6 Å². The summed E-state index contributed by atoms with van der Waals surface area (Å²) in [6.45, 7) is 5.99. The first-order valence-electron chi connectivity index (χ1n) is 5.48. The van der Waals surface area contributed by atoms with Crippen molar-refractivity contribution in [3.05, 3.63) is 58.7 Å². The molecule has 0 amide bonds. The fraction of sp³-hybridized carbons (Fsp3) is 0.214. The minimum atomic E-state index is -0.0481. The summed E-state index contributed by atoms with van der Waals surface area (Å²) in [5.74, 6) is -0.0481. The molecule has 0 aliphatic heterocycles. The quantitative estimate of drug-likeness (QED) is 0.739. The zero-order valence-electron chi connectivity index (χ0n) is 10.2. The second-order valence-corrected chi connectivity index (χ2v) is 4.18. The van der Waals surface area contributed by atoms with E-state index in [4.69, 9.17) is 0 Å². The number of rotatable bonds is 2. The van der Waals surface area contributed by atoms with Crippen LogP contribution in [0.1, 0.15) is 32.7 Å². The van der Waals surface area contributed by atoms with Gasteiger partial charge >= 0.3 is 0 Å². The summed E-state index contributed by atoms with van der Waals surface area (Å²) in [6.07, 6.45) is 2.97. The van der Waals surface area contributed by atoms with Gasteiger partial charge in [-0.25, -0.2) is 9.97 Å². The molecule has 0 aliphatic carbocycles. The summed E-state index contributed by atoms with van der Waals surface area (Å²) in [7, 11) is 0. The van der Waals surface area contributed by atoms with Crippen molar-refractivity contribution in [2.45, 2.75) is 20.8 Å². The molecule has 2 rings (SSSR count). The highest BCUT2D eigenvalue weighted by Crippen LogP contribution is 2.17. The molecule has 0 radical (unpaired) electrons. The van der Waals surface area contributed by atoms with E-state index in [9.17, 15) is 4.79 Å². The van der Waals surface area contributed by atoms with Gasteiger partial charge in [-0.3, -0.25) is 4.79 Å². The molecule has 3 heteroatoms. The van der Waals surface area contributed by atoms with Crippen molar-refractivity contribution in [2.75, 3.05) is 0 Å². The number of carbonyl (C=O) groups excluding carboxylic acids is 1. The molecule has 0 fully saturated rings. The van der Waals surface area contributed by atoms with Gasteiger partial charge in [0.15, 0.2) is 0 Å². The number of hydrogen-bond donors (Lipinski definition) is 0. The monoisotopic (exact) mass is 226 g/mol. The molecule has 0 unspecified atom stereocenters. The third-order valence-corrected chi connectivity index (χ3v) is 2.90. The minimum absolute atomic E-state index is 0.0481. The normalized spacial score (nSPS) is 10.3. The number of ketones is 1. The maximum Gasteiger partial charge on any atom is 0.211 e. The summed E-state index contributed by atoms with van der Waals surface area (Å²) >= 11 is 0. The van der Waals surface area contributed by atoms with Crippen molar-refractivity contribution in [3.8, 4) is 0 Å². The van der Waals surface area contributed by atoms with E-state index in [0.717, 1.165) is 11.1 Å². The fourth-order valence-corrected chi connectivity index (χ4v) is 1.77. The van der Waals surface area contributed by atoms with Gasteiger partial charge in [0, 0.05) is 11.8 Å². The molecule has 1 heterocycles. The van der Waals surface area contributed by atoms with E-state index in [-0.39, 0.29) is 5.78 Å². The Kier molecular flexibility index (Phi) is 3.00. The number of hydrogen-bond acceptors (Lipinski definition) is 3. The Morgan fingerprint density at radius 2 is 1.76 bits per heavy atom. The average molecular weight is 226 g/mol. The van der Waals surface area contributed by atoms with Crippen LogP contribution < -0.4 is 0 Å². The topological polar surface area (TPSA) is 42.9 Å². The number of nitrogens with zero attached hydrogens (tertiary/aromatic N) is 2. The molecule has 0 saturated heterocycles. The van der Waals surface area contributed by atoms with Gasteiger partial charge in [0.2, 0.25) is 5.78 Å². The molecule has 0 atom stereocenters. The molecule has 0 N–H and O–H groups in total. The Hall–Kier alpha value is -2.03. The molecule has 1 aromatic heterocycles. The van der Waals surface area contributed by atoms with Crippen molar-refractivity contribution in [1.29, 1.82) is 0 Å². The zero-order chi connectivity index (χ0) is 12.4. The van der Waals surface area contributed by atoms with E-state index in [0.29, 0.717) is 11.3 Å². The first-order chi connectivity index (χ1) is 8.09. The van der Waals surface area contributed by atoms with Gasteiger partial charge < -0.3 is 0 Å². The maximum absolute atomic E-state index is 12.2. The van der Waals surface area contributed by atoms with Gasteiger partial charge in [0.25, 0.3) is 0 Å². The van der Waals surface area contributed by atoms with Crippen LogP contribution in [0, 0.1) is 20.8 Å². The molecule has 86 valence electrons. The summed E-state index contributed by atoms with van der Waals surface area (Å²) < 4.78 is 0. The minimum Gasteiger partial charge on any atom is -0.287 e. The van der Waals surface area contributed by atoms with E-state index < -0.39 is 0 Å². The fourth-order valence-electron chi connectivity index (χ4n) is 1.77. The first kappa shape index (κ1) is 11.5. The Labute approximate surface area is 101 Å². The van der Waals surface area contributed by atoms with Crippen LogP contribution in [0.4, 0.5) is 0 Å². The molecule has 0 saturated carbocycles. The summed E-state index contributed by atoms with van der Waals surface area (Å²) in [5.41, 5.74) is 4.45. The smallest absolute Gasteiger partial charge is 0.211 e. The highest BCUT2D eigenvalue weighted by Gasteiger charge is 2.13. The van der Waals surface area contributed by atoms with Crippen molar-refractivity contribution in [2.24, 2.45) is 0 Å². The second kappa shape index (κ2) is 4.45. The van der Waals surface area contributed by atoms with E-state index >= 15 is 0 Å². The Bertz CT molecular complexity index is 562. The highest BCUT2D eigenvalue weighted by atomic mass is 16.1. The molecule has 1 aromatic carbocycles. The van der Waals surface area contributed by atoms with Crippen LogP contribution >= 0.6 is 0 Å². The SMILES string of the molecule is Cc1cc(C)c(C(=O)c2ccncn2)cc1C. The van der Waals surface area contributed by atoms with Crippen LogP contribution in [0.3, 0.4) is 0 Å². The van der Waals surface area contributed by atoms with E-state index in [1.807, 2.05) is 32.9 Å². The zero-order valence-corrected chi connectivity index (χ0v) is 10.2. The second-order valence-electron chi connectivity index (χ2n) is 4.18. The van der Waals surface area contributed by atoms with Gasteiger partial charge in [-0.15, -0.1) is 0 Å². The molecule has 2 aromatic rings. The largest absolute Gasteiger partial charge is 0.287 e. The third kappa shape index (κ3) is 2.23. The van der Waals surface area contributed by atoms with E-state index in [2.05, 4.69) is 9.97 Å². The summed E-state index contributed by atoms with van der Waals surface area (Å²) in [5, 5.41) is 0. The molecule has 0 bridgehead atoms. The van der Waals surface area contributed by atoms with Crippen molar-refractivity contribution < 1.29 is 4.79 Å². The summed E-state index contributed by atoms with van der Waals surface area (Å²) in [6, 6.07) is 5.59. The molecule has 3 nitrogen and oxygen atoms in total. The van der Waals surface area contributed by atoms with Crippen LogP contribution in [0.15, 0.2) is 30.7 Å². The number of carbonyl (C=O) groups is 1. The van der Waals surface area contributed by atoms with Crippen LogP contribution in [0.5, 0.6) is 0 Å². The van der Waals surface area contributed by atoms with Crippen molar-refractivity contribution >= 4 is 5.78 Å². The molecular formula is C14H14N2O. The number of aromatic nitrogens is 2.